The number of nitrogens with zero attached hydrogens (tertiary/aromatic N) is 3. The van der Waals surface area contributed by atoms with Gasteiger partial charge in [-0.15, -0.1) is 5.10 Å². The Morgan fingerprint density at radius 3 is 2.30 bits per heavy atom. The summed E-state index contributed by atoms with van der Waals surface area (Å²) in [7, 11) is 0. The van der Waals surface area contributed by atoms with Gasteiger partial charge >= 0.3 is 6.18 Å². The van der Waals surface area contributed by atoms with Gasteiger partial charge in [0.25, 0.3) is 5.82 Å². The van der Waals surface area contributed by atoms with Crippen LogP contribution in [-0.4, -0.2) is 19.3 Å². The average Bonchev–Trinajstić information content (AvgIpc) is 3.06. The molecule has 0 saturated carbocycles. The van der Waals surface area contributed by atoms with E-state index in [2.05, 4.69) is 23.0 Å². The van der Waals surface area contributed by atoms with Crippen LogP contribution in [0.4, 0.5) is 19.1 Å². The van der Waals surface area contributed by atoms with E-state index in [1.165, 1.54) is 0 Å². The van der Waals surface area contributed by atoms with Gasteiger partial charge in [-0.3, -0.25) is 0 Å². The summed E-state index contributed by atoms with van der Waals surface area (Å²) in [6, 6.07) is 13.4. The molecule has 144 valence electrons. The van der Waals surface area contributed by atoms with Crippen LogP contribution in [0.15, 0.2) is 42.5 Å². The number of halogens is 3. The molecule has 0 unspecified atom stereocenters. The molecule has 27 heavy (non-hydrogen) atoms. The number of hydrogen-bond acceptors (Lipinski definition) is 5. The van der Waals surface area contributed by atoms with Crippen molar-refractivity contribution in [3.63, 3.8) is 0 Å². The highest BCUT2D eigenvalue weighted by Crippen LogP contribution is 2.32. The quantitative estimate of drug-likeness (QED) is 0.439. The highest BCUT2D eigenvalue weighted by molar-refractivity contribution is 7.74. The number of anilines is 1. The molecule has 0 amide bonds. The highest BCUT2D eigenvalue weighted by Gasteiger charge is 2.37. The first kappa shape index (κ1) is 20.8. The Labute approximate surface area is 160 Å². The third-order valence-electron chi connectivity index (χ3n) is 4.00. The molecule has 3 aromatic rings. The number of hydrogen-bond donors (Lipinski definition) is 3. The zero-order chi connectivity index (χ0) is 20.2. The Hall–Kier alpha value is -2.52. The normalized spacial score (nSPS) is 11.1. The summed E-state index contributed by atoms with van der Waals surface area (Å²) in [5.74, 6) is -1.54. The number of alkyl halides is 3. The van der Waals surface area contributed by atoms with E-state index in [1.807, 2.05) is 56.3 Å². The molecule has 0 aliphatic rings. The fourth-order valence-corrected chi connectivity index (χ4v) is 2.78. The van der Waals surface area contributed by atoms with Gasteiger partial charge in [0.2, 0.25) is 5.95 Å². The number of nitrogen functional groups attached to an aromatic ring is 1. The van der Waals surface area contributed by atoms with E-state index in [1.54, 1.807) is 0 Å². The lowest BCUT2D eigenvalue weighted by Gasteiger charge is -2.14. The zero-order valence-corrected chi connectivity index (χ0v) is 15.6. The molecule has 0 aliphatic heterocycles. The molecule has 1 aromatic heterocycles. The summed E-state index contributed by atoms with van der Waals surface area (Å²) >= 11 is 2.53. The lowest BCUT2D eigenvalue weighted by Crippen LogP contribution is -2.09. The highest BCUT2D eigenvalue weighted by atomic mass is 32.1. The topological polar surface area (TPSA) is 77.0 Å². The van der Waals surface area contributed by atoms with Gasteiger partial charge in [0, 0.05) is 0 Å². The first-order valence-corrected chi connectivity index (χ1v) is 8.40. The van der Waals surface area contributed by atoms with E-state index in [0.717, 1.165) is 33.4 Å². The smallest absolute Gasteiger partial charge is 0.368 e. The Kier molecular flexibility index (Phi) is 6.50. The largest absolute Gasteiger partial charge is 0.453 e. The summed E-state index contributed by atoms with van der Waals surface area (Å²) in [6.07, 6.45) is -3.84. The predicted molar refractivity (Wildman–Crippen MR) is 102 cm³/mol. The summed E-state index contributed by atoms with van der Waals surface area (Å²) in [4.78, 5) is 3.35. The summed E-state index contributed by atoms with van der Waals surface area (Å²) in [6.45, 7) is 3.85. The number of rotatable bonds is 3. The van der Waals surface area contributed by atoms with Crippen molar-refractivity contribution in [3.8, 4) is 16.8 Å². The first-order valence-electron chi connectivity index (χ1n) is 8.00. The van der Waals surface area contributed by atoms with Gasteiger partial charge in [0.1, 0.15) is 0 Å². The van der Waals surface area contributed by atoms with Crippen LogP contribution in [0.3, 0.4) is 0 Å². The number of benzene rings is 2. The van der Waals surface area contributed by atoms with Crippen LogP contribution in [0.5, 0.6) is 0 Å². The molecule has 5 nitrogen and oxygen atoms in total. The van der Waals surface area contributed by atoms with E-state index in [4.69, 9.17) is 10.3 Å². The second-order valence-electron chi connectivity index (χ2n) is 5.72. The van der Waals surface area contributed by atoms with Crippen LogP contribution < -0.4 is 5.73 Å². The number of aromatic nitrogens is 3. The van der Waals surface area contributed by atoms with Crippen LogP contribution >= 0.6 is 12.9 Å². The zero-order valence-electron chi connectivity index (χ0n) is 14.7. The van der Waals surface area contributed by atoms with E-state index < -0.39 is 12.0 Å². The van der Waals surface area contributed by atoms with Crippen molar-refractivity contribution in [1.82, 2.24) is 14.8 Å². The van der Waals surface area contributed by atoms with Crippen LogP contribution in [0.25, 0.3) is 16.8 Å². The average molecular weight is 396 g/mol. The molecular formula is C18H19F3N4OS. The third kappa shape index (κ3) is 4.42. The molecule has 0 fully saturated rings. The fraction of sp³-hybridized carbons (Fsp3) is 0.222. The molecule has 0 bridgehead atoms. The van der Waals surface area contributed by atoms with Gasteiger partial charge in [0.15, 0.2) is 0 Å². The number of aryl methyl sites for hydroxylation is 2. The second kappa shape index (κ2) is 8.45. The first-order chi connectivity index (χ1) is 12.8. The maximum Gasteiger partial charge on any atom is 0.453 e. The van der Waals surface area contributed by atoms with Crippen molar-refractivity contribution in [2.24, 2.45) is 0 Å². The minimum atomic E-state index is -4.64. The fourth-order valence-electron chi connectivity index (χ4n) is 2.78. The minimum absolute atomic E-state index is 0.293. The molecule has 0 aliphatic carbocycles. The molecule has 0 spiro atoms. The monoisotopic (exact) mass is 396 g/mol. The maximum absolute atomic E-state index is 12.9. The van der Waals surface area contributed by atoms with E-state index in [-0.39, 0.29) is 5.95 Å². The van der Waals surface area contributed by atoms with Crippen molar-refractivity contribution >= 4 is 18.9 Å². The van der Waals surface area contributed by atoms with Gasteiger partial charge in [-0.1, -0.05) is 43.3 Å². The van der Waals surface area contributed by atoms with E-state index in [0.29, 0.717) is 5.69 Å². The van der Waals surface area contributed by atoms with Crippen molar-refractivity contribution in [1.29, 1.82) is 0 Å². The Morgan fingerprint density at radius 1 is 1.15 bits per heavy atom. The van der Waals surface area contributed by atoms with E-state index >= 15 is 0 Å². The summed E-state index contributed by atoms with van der Waals surface area (Å²) in [5.41, 5.74) is 9.97. The van der Waals surface area contributed by atoms with Crippen LogP contribution in [0.2, 0.25) is 0 Å². The third-order valence-corrected chi connectivity index (χ3v) is 4.00. The molecule has 1 heterocycles. The molecule has 9 heteroatoms. The maximum atomic E-state index is 12.9. The Morgan fingerprint density at radius 2 is 1.78 bits per heavy atom. The molecule has 3 rings (SSSR count). The number of thiol groups is 1. The van der Waals surface area contributed by atoms with Crippen LogP contribution in [0.1, 0.15) is 23.9 Å². The second-order valence-corrected chi connectivity index (χ2v) is 5.72. The Balaban J connectivity index is 0.00000126. The van der Waals surface area contributed by atoms with Gasteiger partial charge in [-0.25, -0.2) is 0 Å². The van der Waals surface area contributed by atoms with Crippen molar-refractivity contribution < 1.29 is 17.7 Å². The summed E-state index contributed by atoms with van der Waals surface area (Å²) in [5, 5.41) is 3.56. The van der Waals surface area contributed by atoms with Crippen molar-refractivity contribution in [2.45, 2.75) is 26.4 Å². The van der Waals surface area contributed by atoms with Crippen molar-refractivity contribution in [2.75, 3.05) is 5.73 Å². The Bertz CT molecular complexity index is 911. The van der Waals surface area contributed by atoms with Gasteiger partial charge in [-0.05, 0) is 54.6 Å². The van der Waals surface area contributed by atoms with Crippen LogP contribution in [-0.2, 0) is 12.6 Å². The van der Waals surface area contributed by atoms with Gasteiger partial charge < -0.3 is 10.3 Å². The molecule has 0 radical (unpaired) electrons. The molecule has 0 atom stereocenters. The molecule has 0 saturated heterocycles. The molecular weight excluding hydrogens is 377 g/mol. The predicted octanol–water partition coefficient (Wildman–Crippen LogP) is 4.80. The molecule has 2 aromatic carbocycles. The van der Waals surface area contributed by atoms with Crippen LogP contribution in [0, 0.1) is 6.92 Å². The number of nitrogens with two attached hydrogens (primary N) is 1. The van der Waals surface area contributed by atoms with Gasteiger partial charge in [0.05, 0.1) is 5.69 Å². The SMILES string of the molecule is CCc1cc(C)c(-n2nc(C(F)(F)F)nc2N)cc1-c1ccccc1.OS. The lowest BCUT2D eigenvalue weighted by molar-refractivity contribution is -0.144. The van der Waals surface area contributed by atoms with Crippen molar-refractivity contribution in [3.05, 3.63) is 59.4 Å². The minimum Gasteiger partial charge on any atom is -0.368 e. The standard InChI is InChI=1S/C18H17F3N4.H2OS/c1-3-12-9-11(2)15(10-14(12)13-7-5-4-6-8-13)25-17(22)23-16(24-25)18(19,20)21;1-2/h4-10H,3H2,1-2H3,(H2,22,23,24);1-2H. The molecule has 3 N–H and O–H groups in total. The summed E-state index contributed by atoms with van der Waals surface area (Å²) < 4.78 is 46.3. The lowest BCUT2D eigenvalue weighted by atomic mass is 9.95. The van der Waals surface area contributed by atoms with Gasteiger partial charge in [-0.2, -0.15) is 22.8 Å². The van der Waals surface area contributed by atoms with E-state index in [9.17, 15) is 13.2 Å².